The Morgan fingerprint density at radius 1 is 1.00 bits per heavy atom. The first-order chi connectivity index (χ1) is 27.6. The van der Waals surface area contributed by atoms with E-state index in [1.54, 1.807) is 26.0 Å². The minimum atomic E-state index is -0.900. The minimum Gasteiger partial charge on any atom is -0.497 e. The number of pyridine rings is 1. The lowest BCUT2D eigenvalue weighted by atomic mass is 10.1. The van der Waals surface area contributed by atoms with Crippen molar-refractivity contribution in [3.05, 3.63) is 76.8 Å². The van der Waals surface area contributed by atoms with Crippen molar-refractivity contribution < 1.29 is 33.3 Å². The minimum absolute atomic E-state index is 0.159. The van der Waals surface area contributed by atoms with Gasteiger partial charge in [-0.2, -0.15) is 0 Å². The van der Waals surface area contributed by atoms with Crippen molar-refractivity contribution in [3.8, 4) is 28.0 Å². The van der Waals surface area contributed by atoms with E-state index >= 15 is 0 Å². The van der Waals surface area contributed by atoms with Crippen LogP contribution in [0, 0.1) is 6.92 Å². The molecule has 0 aliphatic carbocycles. The zero-order valence-electron chi connectivity index (χ0n) is 33.9. The van der Waals surface area contributed by atoms with Gasteiger partial charge in [0.2, 0.25) is 6.04 Å². The van der Waals surface area contributed by atoms with Gasteiger partial charge >= 0.3 is 12.0 Å². The third kappa shape index (κ3) is 10.1. The van der Waals surface area contributed by atoms with Crippen molar-refractivity contribution in [2.24, 2.45) is 0 Å². The molecule has 1 saturated heterocycles. The summed E-state index contributed by atoms with van der Waals surface area (Å²) >= 11 is 1.53. The third-order valence-corrected chi connectivity index (χ3v) is 11.5. The van der Waals surface area contributed by atoms with Gasteiger partial charge < -0.3 is 24.3 Å². The number of allylic oxidation sites excluding steroid dienone is 2. The van der Waals surface area contributed by atoms with E-state index in [2.05, 4.69) is 36.7 Å². The highest BCUT2D eigenvalue weighted by Gasteiger charge is 2.53. The molecule has 6 rings (SSSR count). The molecule has 1 radical (unpaired) electrons. The largest absolute Gasteiger partial charge is 0.497 e. The number of hydrogen-bond acceptors (Lipinski definition) is 10. The molecule has 0 saturated carbocycles. The summed E-state index contributed by atoms with van der Waals surface area (Å²) in [6.07, 6.45) is 8.48. The molecule has 1 N–H and O–H groups in total. The van der Waals surface area contributed by atoms with Gasteiger partial charge in [0.05, 0.1) is 45.0 Å². The second kappa shape index (κ2) is 19.4. The van der Waals surface area contributed by atoms with E-state index in [1.165, 1.54) is 11.3 Å². The summed E-state index contributed by atoms with van der Waals surface area (Å²) in [7, 11) is 3.26. The van der Waals surface area contributed by atoms with Crippen molar-refractivity contribution in [3.63, 3.8) is 0 Å². The molecular weight excluding hydrogens is 743 g/mol. The molecule has 2 aromatic heterocycles. The number of aryl methyl sites for hydroxylation is 1. The number of ether oxygens (including phenoxy) is 4. The van der Waals surface area contributed by atoms with Crippen LogP contribution in [-0.2, 0) is 20.9 Å². The van der Waals surface area contributed by atoms with Gasteiger partial charge in [-0.1, -0.05) is 49.5 Å². The summed E-state index contributed by atoms with van der Waals surface area (Å²) in [5.74, 6) is 1.36. The molecule has 2 aliphatic heterocycles. The third-order valence-electron chi connectivity index (χ3n) is 10.6. The normalized spacial score (nSPS) is 20.1. The molecule has 3 unspecified atom stereocenters. The smallest absolute Gasteiger partial charge is 0.468 e. The maximum atomic E-state index is 14.8. The molecule has 1 fully saturated rings. The monoisotopic (exact) mass is 797 g/mol. The Morgan fingerprint density at radius 2 is 1.79 bits per heavy atom. The molecule has 57 heavy (non-hydrogen) atoms. The number of fused-ring (bicyclic) bond motifs is 2. The standard InChI is InChI=1S/C44H55N5O7S/c1-7-55-43(51)34-15-13-11-9-8-10-12-14-22-48(25-30-16-18-31(53-5)19-17-30)44(52)49-26-32(23-37(49)41(50)46-34)56-39-24-35(42-47-36(27-57-42)28(2)3)45-40-29(4)38(54-6)21-20-33(39)40/h9,11,16-21,24,27-28,32,34,37H,7-8,10,12-15,22-23,25-26H2,1-6H3,(H,46,50)/q+1. The number of esters is 1. The number of thiazole rings is 1. The van der Waals surface area contributed by atoms with Crippen LogP contribution >= 0.6 is 11.3 Å². The Balaban J connectivity index is 1.37. The molecule has 3 amide bonds. The summed E-state index contributed by atoms with van der Waals surface area (Å²) in [4.78, 5) is 55.6. The Bertz CT molecular complexity index is 2050. The van der Waals surface area contributed by atoms with Crippen LogP contribution in [0.5, 0.6) is 17.2 Å². The van der Waals surface area contributed by atoms with Gasteiger partial charge in [0.15, 0.2) is 12.6 Å². The van der Waals surface area contributed by atoms with E-state index in [-0.39, 0.29) is 31.5 Å². The number of carbonyl (C=O) groups excluding carboxylic acids is 3. The maximum absolute atomic E-state index is 14.8. The van der Waals surface area contributed by atoms with Crippen molar-refractivity contribution in [1.29, 1.82) is 0 Å². The van der Waals surface area contributed by atoms with E-state index in [9.17, 15) is 14.4 Å². The lowest BCUT2D eigenvalue weighted by Gasteiger charge is -2.24. The molecule has 3 atom stereocenters. The van der Waals surface area contributed by atoms with Crippen molar-refractivity contribution in [2.45, 2.75) is 103 Å². The summed E-state index contributed by atoms with van der Waals surface area (Å²) in [5.41, 5.74) is 4.18. The van der Waals surface area contributed by atoms with Crippen LogP contribution in [0.25, 0.3) is 21.6 Å². The summed E-state index contributed by atoms with van der Waals surface area (Å²) < 4.78 is 23.3. The van der Waals surface area contributed by atoms with Crippen LogP contribution in [0.2, 0.25) is 0 Å². The van der Waals surface area contributed by atoms with Crippen LogP contribution in [-0.4, -0.2) is 84.9 Å². The van der Waals surface area contributed by atoms with Gasteiger partial charge in [-0.15, -0.1) is 11.3 Å². The molecule has 2 aromatic carbocycles. The van der Waals surface area contributed by atoms with Crippen molar-refractivity contribution in [2.75, 3.05) is 33.9 Å². The van der Waals surface area contributed by atoms with E-state index in [0.717, 1.165) is 64.2 Å². The first-order valence-corrected chi connectivity index (χ1v) is 20.9. The molecule has 303 valence electrons. The van der Waals surface area contributed by atoms with Crippen LogP contribution < -0.4 is 24.4 Å². The molecule has 0 bridgehead atoms. The number of rotatable bonds is 10. The summed E-state index contributed by atoms with van der Waals surface area (Å²) in [6.45, 7) is 9.15. The second-order valence-corrected chi connectivity index (χ2v) is 15.8. The zero-order chi connectivity index (χ0) is 40.5. The maximum Gasteiger partial charge on any atom is 0.468 e. The highest BCUT2D eigenvalue weighted by molar-refractivity contribution is 7.13. The highest BCUT2D eigenvalue weighted by Crippen LogP contribution is 2.38. The first kappa shape index (κ1) is 41.6. The Kier molecular flexibility index (Phi) is 14.2. The average Bonchev–Trinajstić information content (AvgIpc) is 3.88. The Morgan fingerprint density at radius 3 is 2.51 bits per heavy atom. The lowest BCUT2D eigenvalue weighted by molar-refractivity contribution is -0.147. The fourth-order valence-corrected chi connectivity index (χ4v) is 8.31. The Hall–Kier alpha value is -5.01. The van der Waals surface area contributed by atoms with Crippen molar-refractivity contribution >= 4 is 40.1 Å². The predicted molar refractivity (Wildman–Crippen MR) is 222 cm³/mol. The van der Waals surface area contributed by atoms with E-state index in [1.807, 2.05) is 54.3 Å². The SMILES string of the molecule is CCOC(=O)C1CCC=CCCCCCN(Cc2ccc(OC)cc2)C(=O)[N+]2CC(Oc3cc(-c4nc(C(C)C)cs4)nc4c(C)c(OC)ccc34)CC2C(=O)N1. The molecule has 0 spiro atoms. The van der Waals surface area contributed by atoms with Crippen LogP contribution in [0.15, 0.2) is 60.0 Å². The quantitative estimate of drug-likeness (QED) is 0.0961. The summed E-state index contributed by atoms with van der Waals surface area (Å²) in [5, 5.41) is 6.57. The fourth-order valence-electron chi connectivity index (χ4n) is 7.37. The molecule has 12 nitrogen and oxygen atoms in total. The first-order valence-electron chi connectivity index (χ1n) is 20.0. The van der Waals surface area contributed by atoms with Crippen LogP contribution in [0.1, 0.15) is 88.5 Å². The Labute approximate surface area is 339 Å². The lowest BCUT2D eigenvalue weighted by Crippen LogP contribution is -2.56. The topological polar surface area (TPSA) is 135 Å². The number of methoxy groups -OCH3 is 2. The number of hydrogen-bond donors (Lipinski definition) is 1. The number of aromatic nitrogens is 2. The molecular formula is C44H55N5O7S+. The number of amides is 3. The number of benzene rings is 2. The molecule has 4 aromatic rings. The van der Waals surface area contributed by atoms with Crippen molar-refractivity contribution in [1.82, 2.24) is 25.1 Å². The summed E-state index contributed by atoms with van der Waals surface area (Å²) in [6, 6.07) is 11.4. The van der Waals surface area contributed by atoms with Gasteiger partial charge in [-0.05, 0) is 81.7 Å². The number of nitrogens with one attached hydrogen (secondary N) is 1. The molecule has 2 aliphatic rings. The van der Waals surface area contributed by atoms with Crippen LogP contribution in [0.4, 0.5) is 4.79 Å². The van der Waals surface area contributed by atoms with Gasteiger partial charge in [0.25, 0.3) is 5.91 Å². The number of nitrogens with zero attached hydrogens (tertiary/aromatic N) is 4. The van der Waals surface area contributed by atoms with Crippen LogP contribution in [0.3, 0.4) is 0 Å². The molecule has 13 heteroatoms. The number of carbonyl (C=O) groups is 3. The van der Waals surface area contributed by atoms with E-state index < -0.39 is 30.1 Å². The predicted octanol–water partition coefficient (Wildman–Crippen LogP) is 8.05. The number of urea groups is 1. The van der Waals surface area contributed by atoms with Gasteiger partial charge in [0, 0.05) is 28.9 Å². The van der Waals surface area contributed by atoms with E-state index in [0.29, 0.717) is 43.1 Å². The highest BCUT2D eigenvalue weighted by atomic mass is 32.1. The fraction of sp³-hybridized carbons (Fsp3) is 0.477. The van der Waals surface area contributed by atoms with Gasteiger partial charge in [-0.25, -0.2) is 19.6 Å². The van der Waals surface area contributed by atoms with Gasteiger partial charge in [0.1, 0.15) is 34.0 Å². The van der Waals surface area contributed by atoms with Gasteiger partial charge in [-0.3, -0.25) is 9.69 Å². The average molecular weight is 798 g/mol. The van der Waals surface area contributed by atoms with E-state index in [4.69, 9.17) is 28.9 Å². The molecule has 4 heterocycles. The zero-order valence-corrected chi connectivity index (χ0v) is 34.7. The second-order valence-electron chi connectivity index (χ2n) is 14.9.